The lowest BCUT2D eigenvalue weighted by Gasteiger charge is -2.23. The van der Waals surface area contributed by atoms with Crippen LogP contribution in [0.15, 0.2) is 10.2 Å². The summed E-state index contributed by atoms with van der Waals surface area (Å²) in [5, 5.41) is 43.8. The molecule has 0 rings (SSSR count). The van der Waals surface area contributed by atoms with Crippen LogP contribution in [-0.4, -0.2) is 33.5 Å². The van der Waals surface area contributed by atoms with Gasteiger partial charge in [-0.15, -0.1) is 0 Å². The fraction of sp³-hybridized carbons (Fsp3) is 0.800. The summed E-state index contributed by atoms with van der Waals surface area (Å²) in [6, 6.07) is 3.62. The van der Waals surface area contributed by atoms with E-state index >= 15 is 0 Å². The lowest BCUT2D eigenvalue weighted by Crippen LogP contribution is -2.37. The van der Waals surface area contributed by atoms with Crippen molar-refractivity contribution in [3.63, 3.8) is 0 Å². The molecule has 0 saturated carbocycles. The molecular formula is C10H16N4O2. The van der Waals surface area contributed by atoms with Gasteiger partial charge in [-0.2, -0.15) is 20.8 Å². The molecule has 0 aromatic carbocycles. The van der Waals surface area contributed by atoms with Gasteiger partial charge < -0.3 is 10.2 Å². The van der Waals surface area contributed by atoms with Crippen molar-refractivity contribution in [1.29, 1.82) is 10.5 Å². The zero-order valence-corrected chi connectivity index (χ0v) is 9.84. The first-order valence-electron chi connectivity index (χ1n) is 4.84. The summed E-state index contributed by atoms with van der Waals surface area (Å²) in [4.78, 5) is 0. The molecular weight excluding hydrogens is 208 g/mol. The Bertz CT molecular complexity index is 319. The first kappa shape index (κ1) is 14.5. The molecule has 0 aromatic rings. The summed E-state index contributed by atoms with van der Waals surface area (Å²) < 4.78 is 0. The van der Waals surface area contributed by atoms with E-state index in [2.05, 4.69) is 10.2 Å². The summed E-state index contributed by atoms with van der Waals surface area (Å²) in [6.07, 6.45) is -2.03. The zero-order chi connectivity index (χ0) is 13.0. The highest BCUT2D eigenvalue weighted by Crippen LogP contribution is 2.21. The molecule has 0 radical (unpaired) electrons. The summed E-state index contributed by atoms with van der Waals surface area (Å²) in [5.74, 6) is 0. The van der Waals surface area contributed by atoms with Crippen LogP contribution in [0.25, 0.3) is 0 Å². The van der Waals surface area contributed by atoms with E-state index in [9.17, 15) is 10.2 Å². The van der Waals surface area contributed by atoms with E-state index in [-0.39, 0.29) is 0 Å². The quantitative estimate of drug-likeness (QED) is 0.686. The number of rotatable bonds is 4. The lowest BCUT2D eigenvalue weighted by molar-refractivity contribution is 0.119. The Morgan fingerprint density at radius 3 is 1.31 bits per heavy atom. The second-order valence-electron chi connectivity index (χ2n) is 4.07. The van der Waals surface area contributed by atoms with Gasteiger partial charge in [0.1, 0.15) is 0 Å². The van der Waals surface area contributed by atoms with Gasteiger partial charge in [0.05, 0.1) is 24.3 Å². The van der Waals surface area contributed by atoms with Crippen molar-refractivity contribution in [2.45, 2.75) is 51.0 Å². The zero-order valence-electron chi connectivity index (χ0n) is 9.84. The Morgan fingerprint density at radius 1 is 0.938 bits per heavy atom. The molecule has 2 N–H and O–H groups in total. The van der Waals surface area contributed by atoms with Gasteiger partial charge in [0.2, 0.25) is 0 Å². The third-order valence-electron chi connectivity index (χ3n) is 2.55. The number of aliphatic hydroxyl groups is 2. The monoisotopic (exact) mass is 224 g/mol. The SMILES string of the molecule is CC(O)C(C)(C#N)/N=N/C(C)(C#N)C(C)O. The van der Waals surface area contributed by atoms with Crippen molar-refractivity contribution >= 4 is 0 Å². The van der Waals surface area contributed by atoms with Crippen LogP contribution >= 0.6 is 0 Å². The van der Waals surface area contributed by atoms with Crippen molar-refractivity contribution in [3.8, 4) is 12.1 Å². The number of aliphatic hydroxyl groups excluding tert-OH is 2. The van der Waals surface area contributed by atoms with Gasteiger partial charge in [-0.25, -0.2) is 0 Å². The van der Waals surface area contributed by atoms with Crippen LogP contribution in [-0.2, 0) is 0 Å². The Kier molecular flexibility index (Phi) is 4.55. The number of azo groups is 1. The molecule has 0 spiro atoms. The van der Waals surface area contributed by atoms with Crippen LogP contribution in [0.3, 0.4) is 0 Å². The van der Waals surface area contributed by atoms with Crippen molar-refractivity contribution in [2.24, 2.45) is 10.2 Å². The van der Waals surface area contributed by atoms with E-state index in [1.807, 2.05) is 12.1 Å². The van der Waals surface area contributed by atoms with E-state index in [0.29, 0.717) is 0 Å². The largest absolute Gasteiger partial charge is 0.390 e. The van der Waals surface area contributed by atoms with Crippen LogP contribution < -0.4 is 0 Å². The molecule has 0 amide bonds. The topological polar surface area (TPSA) is 113 Å². The first-order chi connectivity index (χ1) is 7.22. The number of hydrogen-bond donors (Lipinski definition) is 2. The van der Waals surface area contributed by atoms with E-state index in [1.165, 1.54) is 27.7 Å². The van der Waals surface area contributed by atoms with Crippen molar-refractivity contribution in [2.75, 3.05) is 0 Å². The van der Waals surface area contributed by atoms with Crippen LogP contribution in [0, 0.1) is 22.7 Å². The molecule has 6 heteroatoms. The molecule has 0 fully saturated rings. The van der Waals surface area contributed by atoms with Gasteiger partial charge in [-0.3, -0.25) is 0 Å². The summed E-state index contributed by atoms with van der Waals surface area (Å²) in [5.41, 5.74) is -2.82. The minimum Gasteiger partial charge on any atom is -0.390 e. The summed E-state index contributed by atoms with van der Waals surface area (Å²) in [6.45, 7) is 5.63. The molecule has 4 atom stereocenters. The molecule has 0 bridgehead atoms. The van der Waals surface area contributed by atoms with Crippen LogP contribution in [0.2, 0.25) is 0 Å². The van der Waals surface area contributed by atoms with Gasteiger partial charge in [-0.05, 0) is 27.7 Å². The minimum absolute atomic E-state index is 1.02. The van der Waals surface area contributed by atoms with Crippen molar-refractivity contribution in [1.82, 2.24) is 0 Å². The third kappa shape index (κ3) is 2.99. The Hall–Kier alpha value is -1.50. The number of hydrogen-bond acceptors (Lipinski definition) is 6. The Balaban J connectivity index is 5.12. The average molecular weight is 224 g/mol. The van der Waals surface area contributed by atoms with Crippen molar-refractivity contribution < 1.29 is 10.2 Å². The molecule has 0 heterocycles. The second-order valence-corrected chi connectivity index (χ2v) is 4.07. The number of nitriles is 2. The van der Waals surface area contributed by atoms with Gasteiger partial charge in [0, 0.05) is 0 Å². The smallest absolute Gasteiger partial charge is 0.189 e. The minimum atomic E-state index is -1.41. The molecule has 6 nitrogen and oxygen atoms in total. The Morgan fingerprint density at radius 2 is 1.19 bits per heavy atom. The Labute approximate surface area is 94.8 Å². The molecule has 0 aromatic heterocycles. The maximum atomic E-state index is 9.36. The highest BCUT2D eigenvalue weighted by molar-refractivity contribution is 5.11. The molecule has 4 unspecified atom stereocenters. The predicted octanol–water partition coefficient (Wildman–Crippen LogP) is 0.765. The first-order valence-corrected chi connectivity index (χ1v) is 4.84. The molecule has 88 valence electrons. The fourth-order valence-electron chi connectivity index (χ4n) is 0.606. The molecule has 0 aliphatic carbocycles. The maximum Gasteiger partial charge on any atom is 0.189 e. The van der Waals surface area contributed by atoms with Gasteiger partial charge in [-0.1, -0.05) is 0 Å². The van der Waals surface area contributed by atoms with Crippen molar-refractivity contribution in [3.05, 3.63) is 0 Å². The molecule has 0 aliphatic heterocycles. The van der Waals surface area contributed by atoms with E-state index in [1.54, 1.807) is 0 Å². The maximum absolute atomic E-state index is 9.36. The van der Waals surface area contributed by atoms with E-state index in [4.69, 9.17) is 10.5 Å². The lowest BCUT2D eigenvalue weighted by atomic mass is 9.98. The number of nitrogens with zero attached hydrogens (tertiary/aromatic N) is 4. The van der Waals surface area contributed by atoms with E-state index < -0.39 is 23.3 Å². The van der Waals surface area contributed by atoms with Crippen LogP contribution in [0.1, 0.15) is 27.7 Å². The summed E-state index contributed by atoms with van der Waals surface area (Å²) in [7, 11) is 0. The van der Waals surface area contributed by atoms with Gasteiger partial charge >= 0.3 is 0 Å². The van der Waals surface area contributed by atoms with Crippen LogP contribution in [0.4, 0.5) is 0 Å². The molecule has 0 saturated heterocycles. The van der Waals surface area contributed by atoms with E-state index in [0.717, 1.165) is 0 Å². The highest BCUT2D eigenvalue weighted by Gasteiger charge is 2.34. The van der Waals surface area contributed by atoms with Crippen LogP contribution in [0.5, 0.6) is 0 Å². The fourth-order valence-corrected chi connectivity index (χ4v) is 0.606. The summed E-state index contributed by atoms with van der Waals surface area (Å²) >= 11 is 0. The van der Waals surface area contributed by atoms with Gasteiger partial charge in [0.15, 0.2) is 11.1 Å². The third-order valence-corrected chi connectivity index (χ3v) is 2.55. The molecule has 0 aliphatic rings. The van der Waals surface area contributed by atoms with Gasteiger partial charge in [0.25, 0.3) is 0 Å². The normalized spacial score (nSPS) is 22.5. The highest BCUT2D eigenvalue weighted by atomic mass is 16.3. The standard InChI is InChI=1S/C10H16N4O2/c1-7(15)9(3,5-11)13-14-10(4,6-12)8(2)16/h7-8,15-16H,1-4H3/b14-13+. The second kappa shape index (κ2) is 5.02. The average Bonchev–Trinajstić information content (AvgIpc) is 2.24. The predicted molar refractivity (Wildman–Crippen MR) is 56.3 cm³/mol. The molecule has 16 heavy (non-hydrogen) atoms.